The molecule has 7 heteroatoms. The highest BCUT2D eigenvalue weighted by molar-refractivity contribution is 7.89. The highest BCUT2D eigenvalue weighted by Crippen LogP contribution is 2.16. The van der Waals surface area contributed by atoms with Crippen molar-refractivity contribution in [3.05, 3.63) is 24.3 Å². The van der Waals surface area contributed by atoms with Crippen molar-refractivity contribution >= 4 is 21.7 Å². The minimum atomic E-state index is -3.75. The molecule has 0 heterocycles. The van der Waals surface area contributed by atoms with Gasteiger partial charge in [0.15, 0.2) is 0 Å². The summed E-state index contributed by atoms with van der Waals surface area (Å²) in [7, 11) is -2.45. The second-order valence-electron chi connectivity index (χ2n) is 3.70. The minimum Gasteiger partial charge on any atom is -0.467 e. The summed E-state index contributed by atoms with van der Waals surface area (Å²) in [6, 6.07) is 5.44. The molecule has 0 aliphatic heterocycles. The monoisotopic (exact) mass is 272 g/mol. The maximum absolute atomic E-state index is 11.4. The Hall–Kier alpha value is -1.60. The second-order valence-corrected chi connectivity index (χ2v) is 5.26. The van der Waals surface area contributed by atoms with Gasteiger partial charge in [-0.3, -0.25) is 0 Å². The van der Waals surface area contributed by atoms with Crippen molar-refractivity contribution in [3.63, 3.8) is 0 Å². The number of hydrogen-bond acceptors (Lipinski definition) is 5. The molecule has 1 atom stereocenters. The van der Waals surface area contributed by atoms with Crippen LogP contribution in [0.5, 0.6) is 0 Å². The lowest BCUT2D eigenvalue weighted by Crippen LogP contribution is -2.29. The molecule has 0 saturated heterocycles. The van der Waals surface area contributed by atoms with Crippen molar-refractivity contribution in [3.8, 4) is 0 Å². The number of sulfonamides is 1. The van der Waals surface area contributed by atoms with Crippen LogP contribution in [0.15, 0.2) is 29.2 Å². The Labute approximate surface area is 106 Å². The highest BCUT2D eigenvalue weighted by atomic mass is 32.2. The van der Waals surface area contributed by atoms with Gasteiger partial charge in [0.05, 0.1) is 12.0 Å². The molecule has 1 aromatic rings. The molecule has 6 nitrogen and oxygen atoms in total. The fourth-order valence-corrected chi connectivity index (χ4v) is 1.99. The fraction of sp³-hybridized carbons (Fsp3) is 0.364. The first-order chi connectivity index (χ1) is 8.38. The number of nitrogens with one attached hydrogen (secondary N) is 1. The zero-order chi connectivity index (χ0) is 13.8. The quantitative estimate of drug-likeness (QED) is 0.769. The SMILES string of the molecule is CCC(Nc1cccc(S(N)(=O)=O)c1)C(=O)OC. The molecule has 100 valence electrons. The van der Waals surface area contributed by atoms with E-state index in [0.717, 1.165) is 0 Å². The standard InChI is InChI=1S/C11H16N2O4S/c1-3-10(11(14)17-2)13-8-5-4-6-9(7-8)18(12,15)16/h4-7,10,13H,3H2,1-2H3,(H2,12,15,16). The smallest absolute Gasteiger partial charge is 0.328 e. The number of nitrogens with two attached hydrogens (primary N) is 1. The molecule has 0 amide bonds. The molecule has 1 rings (SSSR count). The first-order valence-electron chi connectivity index (χ1n) is 5.35. The van der Waals surface area contributed by atoms with E-state index in [2.05, 4.69) is 10.1 Å². The molecule has 0 aromatic heterocycles. The van der Waals surface area contributed by atoms with Crippen molar-refractivity contribution in [2.75, 3.05) is 12.4 Å². The number of rotatable bonds is 5. The largest absolute Gasteiger partial charge is 0.467 e. The average Bonchev–Trinajstić information content (AvgIpc) is 2.34. The van der Waals surface area contributed by atoms with Crippen LogP contribution in [-0.2, 0) is 19.6 Å². The van der Waals surface area contributed by atoms with Crippen molar-refractivity contribution in [2.45, 2.75) is 24.3 Å². The van der Waals surface area contributed by atoms with Gasteiger partial charge in [-0.25, -0.2) is 18.4 Å². The van der Waals surface area contributed by atoms with Gasteiger partial charge in [0.25, 0.3) is 0 Å². The molecular formula is C11H16N2O4S. The number of carbonyl (C=O) groups is 1. The van der Waals surface area contributed by atoms with Crippen LogP contribution < -0.4 is 10.5 Å². The maximum Gasteiger partial charge on any atom is 0.328 e. The van der Waals surface area contributed by atoms with Crippen LogP contribution in [0.4, 0.5) is 5.69 Å². The zero-order valence-corrected chi connectivity index (χ0v) is 11.0. The second kappa shape index (κ2) is 5.83. The molecular weight excluding hydrogens is 256 g/mol. The Morgan fingerprint density at radius 3 is 2.67 bits per heavy atom. The number of methoxy groups -OCH3 is 1. The minimum absolute atomic E-state index is 0.00720. The van der Waals surface area contributed by atoms with Crippen LogP contribution in [0.3, 0.4) is 0 Å². The Morgan fingerprint density at radius 1 is 1.50 bits per heavy atom. The molecule has 1 unspecified atom stereocenters. The third kappa shape index (κ3) is 3.71. The van der Waals surface area contributed by atoms with E-state index in [0.29, 0.717) is 12.1 Å². The van der Waals surface area contributed by atoms with E-state index in [1.165, 1.54) is 19.2 Å². The highest BCUT2D eigenvalue weighted by Gasteiger charge is 2.17. The summed E-state index contributed by atoms with van der Waals surface area (Å²) in [5, 5.41) is 7.93. The Bertz CT molecular complexity index is 528. The van der Waals surface area contributed by atoms with Gasteiger partial charge in [0.1, 0.15) is 6.04 Å². The molecule has 0 bridgehead atoms. The predicted molar refractivity (Wildman–Crippen MR) is 67.5 cm³/mol. The third-order valence-electron chi connectivity index (χ3n) is 2.40. The predicted octanol–water partition coefficient (Wildman–Crippen LogP) is 0.698. The first-order valence-corrected chi connectivity index (χ1v) is 6.90. The molecule has 0 aliphatic rings. The van der Waals surface area contributed by atoms with Gasteiger partial charge in [0, 0.05) is 5.69 Å². The van der Waals surface area contributed by atoms with Crippen molar-refractivity contribution < 1.29 is 17.9 Å². The van der Waals surface area contributed by atoms with Gasteiger partial charge in [-0.2, -0.15) is 0 Å². The van der Waals surface area contributed by atoms with Crippen LogP contribution in [0.25, 0.3) is 0 Å². The van der Waals surface area contributed by atoms with Crippen LogP contribution in [0.1, 0.15) is 13.3 Å². The molecule has 0 spiro atoms. The summed E-state index contributed by atoms with van der Waals surface area (Å²) in [5.74, 6) is -0.404. The fourth-order valence-electron chi connectivity index (χ4n) is 1.43. The molecule has 0 aliphatic carbocycles. The topological polar surface area (TPSA) is 98.5 Å². The lowest BCUT2D eigenvalue weighted by Gasteiger charge is -2.16. The van der Waals surface area contributed by atoms with Gasteiger partial charge in [-0.05, 0) is 24.6 Å². The number of carbonyl (C=O) groups excluding carboxylic acids is 1. The van der Waals surface area contributed by atoms with E-state index in [9.17, 15) is 13.2 Å². The van der Waals surface area contributed by atoms with Gasteiger partial charge in [-0.1, -0.05) is 13.0 Å². The van der Waals surface area contributed by atoms with Crippen LogP contribution in [0, 0.1) is 0 Å². The van der Waals surface area contributed by atoms with Crippen molar-refractivity contribution in [1.82, 2.24) is 0 Å². The van der Waals surface area contributed by atoms with Gasteiger partial charge >= 0.3 is 5.97 Å². The first kappa shape index (κ1) is 14.5. The summed E-state index contributed by atoms with van der Waals surface area (Å²) in [6.45, 7) is 1.82. The van der Waals surface area contributed by atoms with E-state index in [4.69, 9.17) is 5.14 Å². The molecule has 0 radical (unpaired) electrons. The zero-order valence-electron chi connectivity index (χ0n) is 10.2. The summed E-state index contributed by atoms with van der Waals surface area (Å²) in [5.41, 5.74) is 0.499. The molecule has 0 saturated carbocycles. The summed E-state index contributed by atoms with van der Waals surface area (Å²) in [4.78, 5) is 11.4. The summed E-state index contributed by atoms with van der Waals surface area (Å²) in [6.07, 6.45) is 0.520. The third-order valence-corrected chi connectivity index (χ3v) is 3.31. The number of hydrogen-bond donors (Lipinski definition) is 2. The Kier molecular flexibility index (Phi) is 4.69. The van der Waals surface area contributed by atoms with Crippen molar-refractivity contribution in [2.24, 2.45) is 5.14 Å². The number of esters is 1. The van der Waals surface area contributed by atoms with Crippen LogP contribution >= 0.6 is 0 Å². The number of benzene rings is 1. The average molecular weight is 272 g/mol. The normalized spacial score (nSPS) is 12.8. The summed E-state index contributed by atoms with van der Waals surface area (Å²) >= 11 is 0. The summed E-state index contributed by atoms with van der Waals surface area (Å²) < 4.78 is 27.0. The van der Waals surface area contributed by atoms with Gasteiger partial charge in [-0.15, -0.1) is 0 Å². The molecule has 0 fully saturated rings. The van der Waals surface area contributed by atoms with Crippen molar-refractivity contribution in [1.29, 1.82) is 0 Å². The van der Waals surface area contributed by atoms with Gasteiger partial charge in [0.2, 0.25) is 10.0 Å². The number of anilines is 1. The van der Waals surface area contributed by atoms with Crippen LogP contribution in [0.2, 0.25) is 0 Å². The Morgan fingerprint density at radius 2 is 2.17 bits per heavy atom. The lowest BCUT2D eigenvalue weighted by atomic mass is 10.2. The van der Waals surface area contributed by atoms with E-state index in [1.54, 1.807) is 12.1 Å². The Balaban J connectivity index is 2.94. The van der Waals surface area contributed by atoms with Gasteiger partial charge < -0.3 is 10.1 Å². The number of primary sulfonamides is 1. The molecule has 18 heavy (non-hydrogen) atoms. The van der Waals surface area contributed by atoms with E-state index >= 15 is 0 Å². The maximum atomic E-state index is 11.4. The molecule has 3 N–H and O–H groups in total. The van der Waals surface area contributed by atoms with E-state index in [1.807, 2.05) is 6.92 Å². The lowest BCUT2D eigenvalue weighted by molar-refractivity contribution is -0.141. The number of ether oxygens (including phenoxy) is 1. The van der Waals surface area contributed by atoms with E-state index < -0.39 is 22.0 Å². The molecule has 1 aromatic carbocycles. The van der Waals surface area contributed by atoms with Crippen LogP contribution in [-0.4, -0.2) is 27.5 Å². The van der Waals surface area contributed by atoms with E-state index in [-0.39, 0.29) is 4.90 Å².